The number of amides is 1. The molecule has 0 aliphatic carbocycles. The minimum absolute atomic E-state index is 0.101. The van der Waals surface area contributed by atoms with Crippen LogP contribution >= 0.6 is 23.2 Å². The Kier molecular flexibility index (Phi) is 6.70. The van der Waals surface area contributed by atoms with E-state index in [2.05, 4.69) is 4.90 Å². The van der Waals surface area contributed by atoms with Crippen LogP contribution in [0, 0.1) is 5.92 Å². The average Bonchev–Trinajstić information content (AvgIpc) is 2.66. The van der Waals surface area contributed by atoms with Crippen molar-refractivity contribution in [3.63, 3.8) is 0 Å². The second-order valence-corrected chi connectivity index (χ2v) is 8.48. The highest BCUT2D eigenvalue weighted by atomic mass is 35.5. The van der Waals surface area contributed by atoms with Gasteiger partial charge in [0.05, 0.1) is 10.0 Å². The van der Waals surface area contributed by atoms with Crippen molar-refractivity contribution in [3.05, 3.63) is 27.7 Å². The molecular weight excluding hydrogens is 371 g/mol. The second kappa shape index (κ2) is 8.81. The molecule has 4 nitrogen and oxygen atoms in total. The Balaban J connectivity index is 1.53. The minimum atomic E-state index is -0.127. The number of benzene rings is 1. The summed E-state index contributed by atoms with van der Waals surface area (Å²) >= 11 is 12.0. The number of nitrogens with zero attached hydrogens (tertiary/aromatic N) is 2. The molecule has 2 heterocycles. The van der Waals surface area contributed by atoms with Crippen molar-refractivity contribution < 1.29 is 9.90 Å². The Labute approximate surface area is 166 Å². The molecule has 26 heavy (non-hydrogen) atoms. The molecule has 0 bridgehead atoms. The van der Waals surface area contributed by atoms with Crippen LogP contribution in [-0.4, -0.2) is 53.0 Å². The van der Waals surface area contributed by atoms with E-state index in [9.17, 15) is 9.90 Å². The number of carbonyl (C=O) groups excluding carboxylic acids is 1. The molecule has 2 fully saturated rings. The molecule has 2 aliphatic heterocycles. The Bertz CT molecular complexity index is 616. The molecule has 2 aliphatic rings. The monoisotopic (exact) mass is 398 g/mol. The zero-order valence-corrected chi connectivity index (χ0v) is 16.9. The van der Waals surface area contributed by atoms with Gasteiger partial charge in [0.2, 0.25) is 5.91 Å². The third kappa shape index (κ3) is 4.65. The van der Waals surface area contributed by atoms with Crippen LogP contribution in [-0.2, 0) is 11.2 Å². The molecule has 1 aromatic rings. The number of aromatic hydroxyl groups is 1. The van der Waals surface area contributed by atoms with Crippen LogP contribution in [0.3, 0.4) is 0 Å². The number of halogens is 2. The number of carbonyl (C=O) groups is 1. The average molecular weight is 399 g/mol. The summed E-state index contributed by atoms with van der Waals surface area (Å²) in [5.41, 5.74) is 0.877. The number of hydrogen-bond acceptors (Lipinski definition) is 3. The molecule has 1 amide bonds. The van der Waals surface area contributed by atoms with Crippen LogP contribution in [0.2, 0.25) is 10.0 Å². The lowest BCUT2D eigenvalue weighted by Crippen LogP contribution is -2.49. The van der Waals surface area contributed by atoms with Gasteiger partial charge in [-0.05, 0) is 62.9 Å². The number of rotatable bonds is 4. The zero-order valence-electron chi connectivity index (χ0n) is 15.4. The van der Waals surface area contributed by atoms with Crippen molar-refractivity contribution in [1.82, 2.24) is 9.80 Å². The summed E-state index contributed by atoms with van der Waals surface area (Å²) < 4.78 is 0. The summed E-state index contributed by atoms with van der Waals surface area (Å²) in [5, 5.41) is 10.1. The van der Waals surface area contributed by atoms with Crippen LogP contribution in [0.4, 0.5) is 0 Å². The predicted octanol–water partition coefficient (Wildman–Crippen LogP) is 4.35. The van der Waals surface area contributed by atoms with Gasteiger partial charge >= 0.3 is 0 Å². The van der Waals surface area contributed by atoms with Crippen LogP contribution in [0.1, 0.15) is 44.6 Å². The third-order valence-corrected chi connectivity index (χ3v) is 6.30. The quantitative estimate of drug-likeness (QED) is 0.819. The van der Waals surface area contributed by atoms with Crippen LogP contribution in [0.25, 0.3) is 0 Å². The number of likely N-dealkylation sites (tertiary alicyclic amines) is 2. The van der Waals surface area contributed by atoms with Crippen LogP contribution in [0.15, 0.2) is 12.1 Å². The van der Waals surface area contributed by atoms with Gasteiger partial charge in [-0.25, -0.2) is 0 Å². The molecule has 3 rings (SSSR count). The van der Waals surface area contributed by atoms with Gasteiger partial charge in [-0.1, -0.05) is 36.5 Å². The molecular formula is C20H28Cl2N2O2. The molecule has 2 saturated heterocycles. The maximum absolute atomic E-state index is 12.8. The first-order valence-electron chi connectivity index (χ1n) is 9.65. The lowest BCUT2D eigenvalue weighted by Gasteiger charge is -2.40. The van der Waals surface area contributed by atoms with Gasteiger partial charge in [0.25, 0.3) is 0 Å². The van der Waals surface area contributed by atoms with E-state index in [1.807, 2.05) is 11.8 Å². The molecule has 0 saturated carbocycles. The largest absolute Gasteiger partial charge is 0.505 e. The third-order valence-electron chi connectivity index (χ3n) is 5.72. The van der Waals surface area contributed by atoms with Crippen molar-refractivity contribution in [3.8, 4) is 5.75 Å². The Morgan fingerprint density at radius 2 is 1.69 bits per heavy atom. The molecule has 1 N–H and O–H groups in total. The molecule has 0 unspecified atom stereocenters. The van der Waals surface area contributed by atoms with E-state index in [1.54, 1.807) is 12.1 Å². The molecule has 1 aromatic carbocycles. The normalized spacial score (nSPS) is 21.0. The fourth-order valence-corrected chi connectivity index (χ4v) is 4.76. The maximum Gasteiger partial charge on any atom is 0.225 e. The molecule has 144 valence electrons. The molecule has 0 radical (unpaired) electrons. The standard InChI is InChI=1S/C20H28Cl2N2O2/c1-14(11-15-12-17(21)19(25)18(22)13-15)20(26)24-9-5-16(6-10-24)23-7-3-2-4-8-23/h12-14,16,25H,2-11H2,1H3/t14-/m1/s1. The van der Waals surface area contributed by atoms with Crippen molar-refractivity contribution in [2.45, 2.75) is 51.5 Å². The predicted molar refractivity (Wildman–Crippen MR) is 106 cm³/mol. The van der Waals surface area contributed by atoms with Crippen molar-refractivity contribution >= 4 is 29.1 Å². The molecule has 0 spiro atoms. The van der Waals surface area contributed by atoms with E-state index in [0.29, 0.717) is 12.5 Å². The molecule has 1 atom stereocenters. The van der Waals surface area contributed by atoms with Gasteiger partial charge in [-0.3, -0.25) is 4.79 Å². The van der Waals surface area contributed by atoms with E-state index < -0.39 is 0 Å². The lowest BCUT2D eigenvalue weighted by atomic mass is 9.96. The van der Waals surface area contributed by atoms with Gasteiger partial charge in [0, 0.05) is 25.0 Å². The van der Waals surface area contributed by atoms with Crippen LogP contribution in [0.5, 0.6) is 5.75 Å². The van der Waals surface area contributed by atoms with E-state index in [4.69, 9.17) is 23.2 Å². The summed E-state index contributed by atoms with van der Waals surface area (Å²) in [4.78, 5) is 17.4. The highest BCUT2D eigenvalue weighted by Crippen LogP contribution is 2.33. The Morgan fingerprint density at radius 3 is 2.27 bits per heavy atom. The summed E-state index contributed by atoms with van der Waals surface area (Å²) in [7, 11) is 0. The summed E-state index contributed by atoms with van der Waals surface area (Å²) in [6, 6.07) is 4.02. The van der Waals surface area contributed by atoms with Gasteiger partial charge < -0.3 is 14.9 Å². The first-order valence-corrected chi connectivity index (χ1v) is 10.4. The SMILES string of the molecule is C[C@H](Cc1cc(Cl)c(O)c(Cl)c1)C(=O)N1CCC(N2CCCCC2)CC1. The Hall–Kier alpha value is -0.970. The highest BCUT2D eigenvalue weighted by molar-refractivity contribution is 6.37. The summed E-state index contributed by atoms with van der Waals surface area (Å²) in [6.07, 6.45) is 6.72. The first-order chi connectivity index (χ1) is 12.5. The number of phenols is 1. The fraction of sp³-hybridized carbons (Fsp3) is 0.650. The highest BCUT2D eigenvalue weighted by Gasteiger charge is 2.29. The van der Waals surface area contributed by atoms with Gasteiger partial charge in [0.15, 0.2) is 5.75 Å². The van der Waals surface area contributed by atoms with Crippen molar-refractivity contribution in [2.75, 3.05) is 26.2 Å². The topological polar surface area (TPSA) is 43.8 Å². The van der Waals surface area contributed by atoms with Gasteiger partial charge in [-0.15, -0.1) is 0 Å². The number of piperidine rings is 2. The molecule has 6 heteroatoms. The van der Waals surface area contributed by atoms with Crippen LogP contribution < -0.4 is 0 Å². The van der Waals surface area contributed by atoms with Crippen molar-refractivity contribution in [1.29, 1.82) is 0 Å². The van der Waals surface area contributed by atoms with E-state index in [1.165, 1.54) is 32.4 Å². The van der Waals surface area contributed by atoms with E-state index in [-0.39, 0.29) is 27.6 Å². The number of hydrogen-bond donors (Lipinski definition) is 1. The Morgan fingerprint density at radius 1 is 1.12 bits per heavy atom. The zero-order chi connectivity index (χ0) is 18.7. The molecule has 0 aromatic heterocycles. The lowest BCUT2D eigenvalue weighted by molar-refractivity contribution is -0.136. The van der Waals surface area contributed by atoms with Gasteiger partial charge in [0.1, 0.15) is 0 Å². The van der Waals surface area contributed by atoms with Crippen molar-refractivity contribution in [2.24, 2.45) is 5.92 Å². The van der Waals surface area contributed by atoms with E-state index in [0.717, 1.165) is 31.5 Å². The maximum atomic E-state index is 12.8. The smallest absolute Gasteiger partial charge is 0.225 e. The van der Waals surface area contributed by atoms with Gasteiger partial charge in [-0.2, -0.15) is 0 Å². The van der Waals surface area contributed by atoms with E-state index >= 15 is 0 Å². The fourth-order valence-electron chi connectivity index (χ4n) is 4.22. The number of phenolic OH excluding ortho intramolecular Hbond substituents is 1. The summed E-state index contributed by atoms with van der Waals surface area (Å²) in [5.74, 6) is -0.0310. The first kappa shape index (κ1) is 19.8. The summed E-state index contributed by atoms with van der Waals surface area (Å²) in [6.45, 7) is 6.09. The minimum Gasteiger partial charge on any atom is -0.505 e. The second-order valence-electron chi connectivity index (χ2n) is 7.67.